The first kappa shape index (κ1) is 14.5. The van der Waals surface area contributed by atoms with E-state index in [1.54, 1.807) is 13.2 Å². The van der Waals surface area contributed by atoms with Crippen LogP contribution in [-0.2, 0) is 6.42 Å². The zero-order chi connectivity index (χ0) is 14.0. The monoisotopic (exact) mass is 283 g/mol. The summed E-state index contributed by atoms with van der Waals surface area (Å²) >= 11 is 6.14. The summed E-state index contributed by atoms with van der Waals surface area (Å²) in [5, 5.41) is 0.650. The maximum absolute atomic E-state index is 6.14. The van der Waals surface area contributed by atoms with Gasteiger partial charge >= 0.3 is 0 Å². The summed E-state index contributed by atoms with van der Waals surface area (Å²) < 4.78 is 11.5. The lowest BCUT2D eigenvalue weighted by Gasteiger charge is -2.29. The smallest absolute Gasteiger partial charge is 0.164 e. The molecule has 106 valence electrons. The van der Waals surface area contributed by atoms with Gasteiger partial charge in [-0.3, -0.25) is 0 Å². The molecule has 0 heterocycles. The molecule has 2 N–H and O–H groups in total. The molecule has 0 saturated heterocycles. The Bertz CT molecular complexity index is 450. The highest BCUT2D eigenvalue weighted by molar-refractivity contribution is 6.30. The zero-order valence-electron chi connectivity index (χ0n) is 11.8. The van der Waals surface area contributed by atoms with Crippen LogP contribution in [-0.4, -0.2) is 18.8 Å². The van der Waals surface area contributed by atoms with E-state index in [1.807, 2.05) is 19.9 Å². The molecule has 19 heavy (non-hydrogen) atoms. The van der Waals surface area contributed by atoms with Crippen LogP contribution in [0.3, 0.4) is 0 Å². The largest absolute Gasteiger partial charge is 0.493 e. The summed E-state index contributed by atoms with van der Waals surface area (Å²) in [5.74, 6) is 1.49. The molecule has 4 heteroatoms. The second kappa shape index (κ2) is 5.59. The molecule has 0 amide bonds. The lowest BCUT2D eigenvalue weighted by Crippen LogP contribution is -2.35. The summed E-state index contributed by atoms with van der Waals surface area (Å²) in [6, 6.07) is 3.72. The van der Waals surface area contributed by atoms with E-state index >= 15 is 0 Å². The fraction of sp³-hybridized carbons (Fsp3) is 0.600. The third kappa shape index (κ3) is 3.77. The van der Waals surface area contributed by atoms with Gasteiger partial charge in [-0.25, -0.2) is 0 Å². The van der Waals surface area contributed by atoms with E-state index in [9.17, 15) is 0 Å². The Kier molecular flexibility index (Phi) is 4.26. The van der Waals surface area contributed by atoms with Gasteiger partial charge in [0.2, 0.25) is 0 Å². The van der Waals surface area contributed by atoms with Crippen molar-refractivity contribution in [1.82, 2.24) is 0 Å². The third-order valence-corrected chi connectivity index (χ3v) is 3.52. The van der Waals surface area contributed by atoms with Crippen LogP contribution in [0.4, 0.5) is 0 Å². The number of halogens is 1. The second-order valence-corrected chi connectivity index (χ2v) is 6.37. The van der Waals surface area contributed by atoms with Gasteiger partial charge in [-0.2, -0.15) is 0 Å². The number of rotatable bonds is 5. The lowest BCUT2D eigenvalue weighted by molar-refractivity contribution is 0.114. The van der Waals surface area contributed by atoms with Gasteiger partial charge < -0.3 is 15.2 Å². The van der Waals surface area contributed by atoms with E-state index in [-0.39, 0.29) is 5.54 Å². The molecule has 0 atom stereocenters. The van der Waals surface area contributed by atoms with Gasteiger partial charge in [0.1, 0.15) is 0 Å². The Labute approximate surface area is 120 Å². The van der Waals surface area contributed by atoms with Gasteiger partial charge in [0.05, 0.1) is 13.2 Å². The van der Waals surface area contributed by atoms with Crippen LogP contribution in [0.15, 0.2) is 12.1 Å². The molecule has 0 radical (unpaired) electrons. The number of hydrogen-bond acceptors (Lipinski definition) is 3. The van der Waals surface area contributed by atoms with Crippen LogP contribution >= 0.6 is 11.6 Å². The van der Waals surface area contributed by atoms with Crippen molar-refractivity contribution in [3.63, 3.8) is 0 Å². The Morgan fingerprint density at radius 1 is 1.37 bits per heavy atom. The summed E-state index contributed by atoms with van der Waals surface area (Å²) in [6.45, 7) is 3.99. The van der Waals surface area contributed by atoms with Gasteiger partial charge in [-0.1, -0.05) is 11.6 Å². The van der Waals surface area contributed by atoms with Crippen molar-refractivity contribution in [2.75, 3.05) is 7.11 Å². The minimum atomic E-state index is -0.312. The van der Waals surface area contributed by atoms with Crippen LogP contribution in [0.1, 0.15) is 38.7 Å². The Morgan fingerprint density at radius 3 is 2.53 bits per heavy atom. The summed E-state index contributed by atoms with van der Waals surface area (Å²) in [5.41, 5.74) is 6.82. The Hall–Kier alpha value is -0.930. The highest BCUT2D eigenvalue weighted by atomic mass is 35.5. The number of methoxy groups -OCH3 is 1. The van der Waals surface area contributed by atoms with Crippen LogP contribution in [0.25, 0.3) is 0 Å². The van der Waals surface area contributed by atoms with E-state index in [2.05, 4.69) is 0 Å². The van der Waals surface area contributed by atoms with Crippen molar-refractivity contribution in [3.8, 4) is 11.5 Å². The molecule has 1 fully saturated rings. The van der Waals surface area contributed by atoms with Crippen LogP contribution < -0.4 is 15.2 Å². The summed E-state index contributed by atoms with van der Waals surface area (Å²) in [7, 11) is 1.64. The standard InChI is InChI=1S/C15H22ClNO2/c1-15(2,17)9-10-7-11(16)8-13(18-3)14(10)19-12-5-4-6-12/h7-8,12H,4-6,9,17H2,1-3H3. The predicted molar refractivity (Wildman–Crippen MR) is 78.2 cm³/mol. The molecular weight excluding hydrogens is 262 g/mol. The number of benzene rings is 1. The lowest BCUT2D eigenvalue weighted by atomic mass is 9.94. The van der Waals surface area contributed by atoms with Gasteiger partial charge in [-0.05, 0) is 45.6 Å². The molecule has 0 aliphatic heterocycles. The maximum Gasteiger partial charge on any atom is 0.164 e. The van der Waals surface area contributed by atoms with Crippen LogP contribution in [0.5, 0.6) is 11.5 Å². The van der Waals surface area contributed by atoms with Crippen LogP contribution in [0.2, 0.25) is 5.02 Å². The van der Waals surface area contributed by atoms with Gasteiger partial charge in [-0.15, -0.1) is 0 Å². The zero-order valence-corrected chi connectivity index (χ0v) is 12.6. The van der Waals surface area contributed by atoms with Gasteiger partial charge in [0.15, 0.2) is 11.5 Å². The van der Waals surface area contributed by atoms with Gasteiger partial charge in [0.25, 0.3) is 0 Å². The van der Waals surface area contributed by atoms with Gasteiger partial charge in [0, 0.05) is 22.2 Å². The normalized spacial score (nSPS) is 16.1. The first-order valence-corrected chi connectivity index (χ1v) is 7.09. The predicted octanol–water partition coefficient (Wildman–Crippen LogP) is 3.56. The maximum atomic E-state index is 6.14. The van der Waals surface area contributed by atoms with Crippen LogP contribution in [0, 0.1) is 0 Å². The molecular formula is C15H22ClNO2. The average Bonchev–Trinajstić information content (AvgIpc) is 2.22. The molecule has 1 saturated carbocycles. The topological polar surface area (TPSA) is 44.5 Å². The highest BCUT2D eigenvalue weighted by Gasteiger charge is 2.25. The van der Waals surface area contributed by atoms with Crippen molar-refractivity contribution in [1.29, 1.82) is 0 Å². The SMILES string of the molecule is COc1cc(Cl)cc(CC(C)(C)N)c1OC1CCC1. The quantitative estimate of drug-likeness (QED) is 0.899. The average molecular weight is 284 g/mol. The van der Waals surface area contributed by atoms with Crippen molar-refractivity contribution < 1.29 is 9.47 Å². The number of ether oxygens (including phenoxy) is 2. The fourth-order valence-corrected chi connectivity index (χ4v) is 2.42. The molecule has 0 aromatic heterocycles. The van der Waals surface area contributed by atoms with E-state index in [0.717, 1.165) is 24.2 Å². The summed E-state index contributed by atoms with van der Waals surface area (Å²) in [4.78, 5) is 0. The summed E-state index contributed by atoms with van der Waals surface area (Å²) in [6.07, 6.45) is 4.45. The molecule has 1 aromatic carbocycles. The minimum absolute atomic E-state index is 0.301. The van der Waals surface area contributed by atoms with Crippen molar-refractivity contribution in [2.24, 2.45) is 5.73 Å². The minimum Gasteiger partial charge on any atom is -0.493 e. The molecule has 0 bridgehead atoms. The van der Waals surface area contributed by atoms with Crippen molar-refractivity contribution in [3.05, 3.63) is 22.7 Å². The number of nitrogens with two attached hydrogens (primary N) is 1. The third-order valence-electron chi connectivity index (χ3n) is 3.30. The first-order chi connectivity index (χ1) is 8.89. The van der Waals surface area contributed by atoms with E-state index in [0.29, 0.717) is 23.3 Å². The first-order valence-electron chi connectivity index (χ1n) is 6.71. The highest BCUT2D eigenvalue weighted by Crippen LogP contribution is 2.39. The molecule has 1 aliphatic rings. The molecule has 3 nitrogen and oxygen atoms in total. The van der Waals surface area contributed by atoms with Crippen molar-refractivity contribution >= 4 is 11.6 Å². The van der Waals surface area contributed by atoms with E-state index < -0.39 is 0 Å². The Balaban J connectivity index is 2.33. The number of hydrogen-bond donors (Lipinski definition) is 1. The van der Waals surface area contributed by atoms with Crippen molar-refractivity contribution in [2.45, 2.75) is 51.2 Å². The fourth-order valence-electron chi connectivity index (χ4n) is 2.19. The molecule has 1 aliphatic carbocycles. The van der Waals surface area contributed by atoms with E-state index in [1.165, 1.54) is 6.42 Å². The molecule has 2 rings (SSSR count). The Morgan fingerprint density at radius 2 is 2.05 bits per heavy atom. The molecule has 1 aromatic rings. The second-order valence-electron chi connectivity index (χ2n) is 5.93. The van der Waals surface area contributed by atoms with E-state index in [4.69, 9.17) is 26.8 Å². The molecule has 0 spiro atoms. The molecule has 0 unspecified atom stereocenters.